The van der Waals surface area contributed by atoms with Gasteiger partial charge in [-0.05, 0) is 25.0 Å². The monoisotopic (exact) mass is 433 g/mol. The van der Waals surface area contributed by atoms with E-state index in [0.717, 1.165) is 17.1 Å². The second kappa shape index (κ2) is 8.17. The number of nitrogens with zero attached hydrogens (tertiary/aromatic N) is 3. The zero-order chi connectivity index (χ0) is 21.3. The fourth-order valence-corrected chi connectivity index (χ4v) is 5.20. The van der Waals surface area contributed by atoms with Crippen LogP contribution in [-0.4, -0.2) is 66.9 Å². The quantitative estimate of drug-likeness (QED) is 0.686. The number of para-hydroxylation sites is 1. The minimum atomic E-state index is -3.96. The largest absolute Gasteiger partial charge is 0.376 e. The standard InChI is InChI=1S/C19H23N5O5S/c1-20-17(25)11-23-10-15-18(19(26)21-9-13-5-4-8-29-13)22-12-24(15)14-6-2-3-7-16(14)30(23,27)28/h2-3,6-7,12-13H,4-5,8-11H2,1H3,(H,20,25)(H,21,26)/t13-/m0/s1. The van der Waals surface area contributed by atoms with Crippen molar-refractivity contribution in [1.29, 1.82) is 0 Å². The lowest BCUT2D eigenvalue weighted by atomic mass is 10.2. The minimum Gasteiger partial charge on any atom is -0.376 e. The van der Waals surface area contributed by atoms with Crippen molar-refractivity contribution in [2.45, 2.75) is 30.4 Å². The van der Waals surface area contributed by atoms with Gasteiger partial charge in [-0.25, -0.2) is 13.4 Å². The summed E-state index contributed by atoms with van der Waals surface area (Å²) in [7, 11) is -2.52. The predicted molar refractivity (Wildman–Crippen MR) is 107 cm³/mol. The molecule has 10 nitrogen and oxygen atoms in total. The van der Waals surface area contributed by atoms with Crippen LogP contribution in [0.3, 0.4) is 0 Å². The molecule has 0 aliphatic carbocycles. The molecule has 4 rings (SSSR count). The highest BCUT2D eigenvalue weighted by atomic mass is 32.2. The van der Waals surface area contributed by atoms with Crippen LogP contribution in [0.2, 0.25) is 0 Å². The average Bonchev–Trinajstić information content (AvgIpc) is 3.39. The summed E-state index contributed by atoms with van der Waals surface area (Å²) in [5.41, 5.74) is 0.914. The van der Waals surface area contributed by atoms with Crippen LogP contribution in [0.4, 0.5) is 0 Å². The van der Waals surface area contributed by atoms with E-state index in [-0.39, 0.29) is 29.8 Å². The van der Waals surface area contributed by atoms with Gasteiger partial charge in [0.1, 0.15) is 11.2 Å². The second-order valence-corrected chi connectivity index (χ2v) is 9.08. The Morgan fingerprint density at radius 1 is 1.30 bits per heavy atom. The van der Waals surface area contributed by atoms with Gasteiger partial charge in [0.15, 0.2) is 5.69 Å². The molecule has 1 atom stereocenters. The van der Waals surface area contributed by atoms with Crippen LogP contribution in [0, 0.1) is 0 Å². The highest BCUT2D eigenvalue weighted by molar-refractivity contribution is 7.89. The molecule has 2 aromatic rings. The van der Waals surface area contributed by atoms with Crippen molar-refractivity contribution >= 4 is 21.8 Å². The summed E-state index contributed by atoms with van der Waals surface area (Å²) in [4.78, 5) is 29.1. The van der Waals surface area contributed by atoms with E-state index in [1.54, 1.807) is 22.8 Å². The summed E-state index contributed by atoms with van der Waals surface area (Å²) >= 11 is 0. The summed E-state index contributed by atoms with van der Waals surface area (Å²) in [5.74, 6) is -0.857. The summed E-state index contributed by atoms with van der Waals surface area (Å²) in [6.07, 6.45) is 3.26. The summed E-state index contributed by atoms with van der Waals surface area (Å²) in [6.45, 7) is 0.522. The molecule has 0 saturated carbocycles. The van der Waals surface area contributed by atoms with Crippen molar-refractivity contribution < 1.29 is 22.7 Å². The molecule has 2 amide bonds. The molecule has 160 valence electrons. The number of benzene rings is 1. The lowest BCUT2D eigenvalue weighted by Gasteiger charge is -2.19. The third kappa shape index (κ3) is 3.71. The third-order valence-corrected chi connectivity index (χ3v) is 7.10. The van der Waals surface area contributed by atoms with Gasteiger partial charge in [0, 0.05) is 20.2 Å². The van der Waals surface area contributed by atoms with Crippen molar-refractivity contribution in [3.8, 4) is 5.69 Å². The SMILES string of the molecule is CNC(=O)CN1Cc2c(C(=O)NC[C@@H]3CCCO3)ncn2-c2ccccc2S1(=O)=O. The van der Waals surface area contributed by atoms with Crippen LogP contribution >= 0.6 is 0 Å². The molecule has 3 heterocycles. The molecule has 30 heavy (non-hydrogen) atoms. The number of fused-ring (bicyclic) bond motifs is 3. The number of nitrogens with one attached hydrogen (secondary N) is 2. The van der Waals surface area contributed by atoms with Gasteiger partial charge in [0.05, 0.1) is 30.6 Å². The average molecular weight is 433 g/mol. The first-order valence-electron chi connectivity index (χ1n) is 9.68. The minimum absolute atomic E-state index is 0.0268. The molecule has 1 aromatic heterocycles. The van der Waals surface area contributed by atoms with Crippen LogP contribution in [0.1, 0.15) is 29.0 Å². The fraction of sp³-hybridized carbons (Fsp3) is 0.421. The van der Waals surface area contributed by atoms with Gasteiger partial charge in [-0.3, -0.25) is 14.2 Å². The van der Waals surface area contributed by atoms with Crippen molar-refractivity contribution in [3.63, 3.8) is 0 Å². The number of aromatic nitrogens is 2. The van der Waals surface area contributed by atoms with Crippen molar-refractivity contribution in [2.24, 2.45) is 0 Å². The number of likely N-dealkylation sites (N-methyl/N-ethyl adjacent to an activating group) is 1. The Kier molecular flexibility index (Phi) is 5.58. The second-order valence-electron chi connectivity index (χ2n) is 7.17. The first-order chi connectivity index (χ1) is 14.4. The van der Waals surface area contributed by atoms with Gasteiger partial charge >= 0.3 is 0 Å². The number of carbonyl (C=O) groups is 2. The molecule has 0 radical (unpaired) electrons. The summed E-state index contributed by atoms with van der Waals surface area (Å²) < 4.78 is 34.6. The van der Waals surface area contributed by atoms with Crippen molar-refractivity contribution in [2.75, 3.05) is 26.7 Å². The van der Waals surface area contributed by atoms with Crippen LogP contribution < -0.4 is 10.6 Å². The van der Waals surface area contributed by atoms with E-state index in [2.05, 4.69) is 15.6 Å². The number of hydrogen-bond donors (Lipinski definition) is 2. The summed E-state index contributed by atoms with van der Waals surface area (Å²) in [5, 5.41) is 5.26. The number of hydrogen-bond acceptors (Lipinski definition) is 6. The smallest absolute Gasteiger partial charge is 0.271 e. The lowest BCUT2D eigenvalue weighted by molar-refractivity contribution is -0.120. The molecular formula is C19H23N5O5S. The van der Waals surface area contributed by atoms with E-state index in [0.29, 0.717) is 24.5 Å². The highest BCUT2D eigenvalue weighted by Crippen LogP contribution is 2.31. The zero-order valence-corrected chi connectivity index (χ0v) is 17.3. The topological polar surface area (TPSA) is 123 Å². The molecule has 0 spiro atoms. The van der Waals surface area contributed by atoms with Crippen molar-refractivity contribution in [1.82, 2.24) is 24.5 Å². The number of ether oxygens (including phenoxy) is 1. The Morgan fingerprint density at radius 2 is 2.10 bits per heavy atom. The van der Waals surface area contributed by atoms with Gasteiger partial charge in [0.25, 0.3) is 5.91 Å². The van der Waals surface area contributed by atoms with E-state index < -0.39 is 21.8 Å². The van der Waals surface area contributed by atoms with Crippen LogP contribution in [0.5, 0.6) is 0 Å². The maximum Gasteiger partial charge on any atom is 0.271 e. The lowest BCUT2D eigenvalue weighted by Crippen LogP contribution is -2.39. The number of amides is 2. The molecule has 0 bridgehead atoms. The molecule has 2 aliphatic heterocycles. The fourth-order valence-electron chi connectivity index (χ4n) is 3.66. The Balaban J connectivity index is 1.71. The maximum absolute atomic E-state index is 13.2. The van der Waals surface area contributed by atoms with Gasteiger partial charge in [-0.2, -0.15) is 4.31 Å². The van der Waals surface area contributed by atoms with E-state index in [1.807, 2.05) is 0 Å². The Morgan fingerprint density at radius 3 is 2.83 bits per heavy atom. The highest BCUT2D eigenvalue weighted by Gasteiger charge is 2.35. The van der Waals surface area contributed by atoms with E-state index >= 15 is 0 Å². The molecule has 1 saturated heterocycles. The molecule has 1 fully saturated rings. The maximum atomic E-state index is 13.2. The van der Waals surface area contributed by atoms with Gasteiger partial charge in [-0.15, -0.1) is 0 Å². The normalized spacial score (nSPS) is 20.1. The number of sulfonamides is 1. The van der Waals surface area contributed by atoms with Gasteiger partial charge < -0.3 is 15.4 Å². The predicted octanol–water partition coefficient (Wildman–Crippen LogP) is 0.0314. The van der Waals surface area contributed by atoms with E-state index in [1.165, 1.54) is 19.4 Å². The van der Waals surface area contributed by atoms with Crippen LogP contribution in [0.25, 0.3) is 5.69 Å². The Labute approximate surface area is 174 Å². The number of rotatable bonds is 5. The number of carbonyl (C=O) groups excluding carboxylic acids is 2. The summed E-state index contributed by atoms with van der Waals surface area (Å²) in [6, 6.07) is 6.46. The molecular weight excluding hydrogens is 410 g/mol. The first kappa shape index (κ1) is 20.5. The molecule has 11 heteroatoms. The van der Waals surface area contributed by atoms with Crippen molar-refractivity contribution in [3.05, 3.63) is 42.0 Å². The van der Waals surface area contributed by atoms with Crippen LogP contribution in [0.15, 0.2) is 35.5 Å². The van der Waals surface area contributed by atoms with E-state index in [9.17, 15) is 18.0 Å². The van der Waals surface area contributed by atoms with Gasteiger partial charge in [0.2, 0.25) is 15.9 Å². The number of imidazole rings is 1. The molecule has 0 unspecified atom stereocenters. The zero-order valence-electron chi connectivity index (χ0n) is 16.5. The third-order valence-electron chi connectivity index (χ3n) is 5.26. The molecule has 2 N–H and O–H groups in total. The Hall–Kier alpha value is -2.76. The van der Waals surface area contributed by atoms with Crippen LogP contribution in [-0.2, 0) is 26.1 Å². The van der Waals surface area contributed by atoms with E-state index in [4.69, 9.17) is 4.74 Å². The molecule has 2 aliphatic rings. The van der Waals surface area contributed by atoms with Gasteiger partial charge in [-0.1, -0.05) is 12.1 Å². The molecule has 1 aromatic carbocycles. The Bertz CT molecular complexity index is 1070. The first-order valence-corrected chi connectivity index (χ1v) is 11.1.